The number of non-ortho nitro benzene ring substituents is 1. The fourth-order valence-corrected chi connectivity index (χ4v) is 3.33. The van der Waals surface area contributed by atoms with Gasteiger partial charge in [0, 0.05) is 42.6 Å². The van der Waals surface area contributed by atoms with Crippen molar-refractivity contribution in [3.8, 4) is 11.1 Å². The number of benzene rings is 3. The minimum absolute atomic E-state index is 0.140. The molecule has 0 aliphatic heterocycles. The van der Waals surface area contributed by atoms with Gasteiger partial charge < -0.3 is 4.98 Å². The smallest absolute Gasteiger partial charge is 0.278 e. The van der Waals surface area contributed by atoms with E-state index in [1.54, 1.807) is 17.5 Å². The van der Waals surface area contributed by atoms with Crippen LogP contribution in [0.1, 0.15) is 16.1 Å². The van der Waals surface area contributed by atoms with Gasteiger partial charge in [-0.15, -0.1) is 0 Å². The lowest BCUT2D eigenvalue weighted by Gasteiger charge is -2.21. The Morgan fingerprint density at radius 2 is 1.85 bits per heavy atom. The van der Waals surface area contributed by atoms with Crippen molar-refractivity contribution in [2.75, 3.05) is 11.6 Å². The minimum Gasteiger partial charge on any atom is -0.348 e. The number of carbonyl (C=O) groups excluding carboxylic acids is 1. The average Bonchev–Trinajstić information content (AvgIpc) is 3.40. The van der Waals surface area contributed by atoms with Gasteiger partial charge in [0.25, 0.3) is 11.6 Å². The van der Waals surface area contributed by atoms with Crippen molar-refractivity contribution in [1.29, 1.82) is 0 Å². The lowest BCUT2D eigenvalue weighted by atomic mass is 10.1. The Balaban J connectivity index is 1.57. The van der Waals surface area contributed by atoms with Crippen LogP contribution >= 0.6 is 0 Å². The molecule has 0 unspecified atom stereocenters. The van der Waals surface area contributed by atoms with Crippen LogP contribution in [-0.4, -0.2) is 33.7 Å². The van der Waals surface area contributed by atoms with Gasteiger partial charge in [0.05, 0.1) is 16.9 Å². The third kappa shape index (κ3) is 5.78. The van der Waals surface area contributed by atoms with Crippen LogP contribution in [0.5, 0.6) is 0 Å². The quantitative estimate of drug-likeness (QED) is 0.167. The summed E-state index contributed by atoms with van der Waals surface area (Å²) in [6.07, 6.45) is 5.44. The molecule has 9 nitrogen and oxygen atoms in total. The average molecular weight is 454 g/mol. The van der Waals surface area contributed by atoms with Crippen molar-refractivity contribution in [3.63, 3.8) is 0 Å². The molecule has 0 atom stereocenters. The van der Waals surface area contributed by atoms with Crippen molar-refractivity contribution in [2.24, 2.45) is 4.99 Å². The molecule has 0 fully saturated rings. The largest absolute Gasteiger partial charge is 0.348 e. The number of rotatable bonds is 9. The molecule has 9 heteroatoms. The molecule has 1 amide bonds. The summed E-state index contributed by atoms with van der Waals surface area (Å²) in [7, 11) is 0. The third-order valence-corrected chi connectivity index (χ3v) is 5.06. The maximum atomic E-state index is 12.6. The van der Waals surface area contributed by atoms with Gasteiger partial charge in [0.2, 0.25) is 0 Å². The molecular weight excluding hydrogens is 432 g/mol. The Kier molecular flexibility index (Phi) is 7.16. The van der Waals surface area contributed by atoms with Crippen molar-refractivity contribution in [1.82, 2.24) is 15.4 Å². The number of nitro groups is 1. The van der Waals surface area contributed by atoms with Gasteiger partial charge in [0.15, 0.2) is 0 Å². The topological polar surface area (TPSA) is 117 Å². The highest BCUT2D eigenvalue weighted by Crippen LogP contribution is 2.23. The van der Waals surface area contributed by atoms with E-state index in [4.69, 9.17) is 0 Å². The van der Waals surface area contributed by atoms with Gasteiger partial charge >= 0.3 is 0 Å². The van der Waals surface area contributed by atoms with E-state index in [-0.39, 0.29) is 11.3 Å². The second-order valence-electron chi connectivity index (χ2n) is 7.38. The van der Waals surface area contributed by atoms with E-state index in [9.17, 15) is 14.9 Å². The number of anilines is 1. The number of amides is 1. The van der Waals surface area contributed by atoms with Crippen molar-refractivity contribution >= 4 is 23.6 Å². The number of imidazole rings is 1. The molecule has 0 saturated heterocycles. The lowest BCUT2D eigenvalue weighted by Crippen LogP contribution is -2.38. The zero-order chi connectivity index (χ0) is 23.8. The van der Waals surface area contributed by atoms with E-state index < -0.39 is 10.8 Å². The first-order valence-corrected chi connectivity index (χ1v) is 10.6. The number of aliphatic imine (C=N–C) groups is 1. The van der Waals surface area contributed by atoms with Crippen molar-refractivity contribution < 1.29 is 9.72 Å². The zero-order valence-corrected chi connectivity index (χ0v) is 18.2. The second kappa shape index (κ2) is 10.8. The minimum atomic E-state index is -0.580. The first-order valence-electron chi connectivity index (χ1n) is 10.6. The molecule has 0 aliphatic rings. The Morgan fingerprint density at radius 1 is 1.06 bits per heavy atom. The number of hydrazine groups is 1. The van der Waals surface area contributed by atoms with E-state index in [1.165, 1.54) is 30.6 Å². The number of hydrogen-bond donors (Lipinski definition) is 2. The van der Waals surface area contributed by atoms with E-state index in [0.29, 0.717) is 13.0 Å². The van der Waals surface area contributed by atoms with E-state index in [1.807, 2.05) is 54.6 Å². The first-order chi connectivity index (χ1) is 16.6. The summed E-state index contributed by atoms with van der Waals surface area (Å²) in [6, 6.07) is 23.3. The summed E-state index contributed by atoms with van der Waals surface area (Å²) in [5, 5.41) is 12.7. The zero-order valence-electron chi connectivity index (χ0n) is 18.2. The number of aromatic amines is 1. The molecule has 170 valence electrons. The maximum Gasteiger partial charge on any atom is 0.278 e. The van der Waals surface area contributed by atoms with Gasteiger partial charge in [-0.25, -0.2) is 10.4 Å². The molecule has 2 N–H and O–H groups in total. The Hall–Kier alpha value is -4.63. The van der Waals surface area contributed by atoms with E-state index in [2.05, 4.69) is 20.4 Å². The van der Waals surface area contributed by atoms with Crippen LogP contribution in [0.2, 0.25) is 0 Å². The van der Waals surface area contributed by atoms with E-state index in [0.717, 1.165) is 22.5 Å². The van der Waals surface area contributed by atoms with Gasteiger partial charge in [0.1, 0.15) is 6.34 Å². The molecule has 4 aromatic rings. The fraction of sp³-hybridized carbons (Fsp3) is 0.0800. The van der Waals surface area contributed by atoms with Crippen LogP contribution in [0.4, 0.5) is 11.4 Å². The van der Waals surface area contributed by atoms with Crippen LogP contribution < -0.4 is 10.4 Å². The van der Waals surface area contributed by atoms with Crippen LogP contribution in [0.15, 0.2) is 96.4 Å². The highest BCUT2D eigenvalue weighted by Gasteiger charge is 2.12. The Labute approximate surface area is 195 Å². The lowest BCUT2D eigenvalue weighted by molar-refractivity contribution is -0.384. The van der Waals surface area contributed by atoms with Crippen LogP contribution in [-0.2, 0) is 6.42 Å². The summed E-state index contributed by atoms with van der Waals surface area (Å²) < 4.78 is 0. The van der Waals surface area contributed by atoms with Crippen molar-refractivity contribution in [2.45, 2.75) is 6.42 Å². The monoisotopic (exact) mass is 454 g/mol. The highest BCUT2D eigenvalue weighted by atomic mass is 16.6. The fourth-order valence-electron chi connectivity index (χ4n) is 3.33. The first kappa shape index (κ1) is 22.6. The SMILES string of the molecule is O=C(N=CN(NCCc1cnc[nH]1)c1cccc(-c2ccccc2)c1)c1cccc([N+](=O)[O-])c1. The number of aromatic nitrogens is 2. The summed E-state index contributed by atoms with van der Waals surface area (Å²) in [4.78, 5) is 34.2. The summed E-state index contributed by atoms with van der Waals surface area (Å²) in [5.74, 6) is -0.580. The molecular formula is C25H22N6O3. The van der Waals surface area contributed by atoms with E-state index >= 15 is 0 Å². The molecule has 1 aromatic heterocycles. The van der Waals surface area contributed by atoms with Crippen LogP contribution in [0, 0.1) is 10.1 Å². The number of hydrogen-bond acceptors (Lipinski definition) is 5. The number of H-pyrrole nitrogens is 1. The number of nitro benzene ring substituents is 1. The number of nitrogens with zero attached hydrogens (tertiary/aromatic N) is 4. The second-order valence-corrected chi connectivity index (χ2v) is 7.38. The Bertz CT molecular complexity index is 1290. The predicted octanol–water partition coefficient (Wildman–Crippen LogP) is 4.41. The number of nitrogens with one attached hydrogen (secondary N) is 2. The maximum absolute atomic E-state index is 12.6. The van der Waals surface area contributed by atoms with Gasteiger partial charge in [-0.3, -0.25) is 19.9 Å². The van der Waals surface area contributed by atoms with Gasteiger partial charge in [-0.1, -0.05) is 48.5 Å². The molecule has 0 spiro atoms. The van der Waals surface area contributed by atoms with Gasteiger partial charge in [-0.2, -0.15) is 4.99 Å². The summed E-state index contributed by atoms with van der Waals surface area (Å²) in [5.41, 5.74) is 7.06. The van der Waals surface area contributed by atoms with Gasteiger partial charge in [-0.05, 0) is 29.3 Å². The molecule has 4 rings (SSSR count). The molecule has 0 radical (unpaired) electrons. The highest BCUT2D eigenvalue weighted by molar-refractivity contribution is 6.01. The summed E-state index contributed by atoms with van der Waals surface area (Å²) >= 11 is 0. The summed E-state index contributed by atoms with van der Waals surface area (Å²) in [6.45, 7) is 0.550. The normalized spacial score (nSPS) is 10.9. The van der Waals surface area contributed by atoms with Crippen molar-refractivity contribution in [3.05, 3.63) is 113 Å². The van der Waals surface area contributed by atoms with Crippen LogP contribution in [0.25, 0.3) is 11.1 Å². The molecule has 0 bridgehead atoms. The Morgan fingerprint density at radius 3 is 2.62 bits per heavy atom. The molecule has 34 heavy (non-hydrogen) atoms. The predicted molar refractivity (Wildman–Crippen MR) is 131 cm³/mol. The van der Waals surface area contributed by atoms with Crippen LogP contribution in [0.3, 0.4) is 0 Å². The molecule has 0 aliphatic carbocycles. The third-order valence-electron chi connectivity index (χ3n) is 5.06. The molecule has 1 heterocycles. The molecule has 3 aromatic carbocycles. The molecule has 0 saturated carbocycles. The standard InChI is InChI=1S/C25H22N6O3/c32-25(21-9-5-11-24(15-21)31(33)34)28-18-30(29-13-12-22-16-26-17-27-22)23-10-4-8-20(14-23)19-6-2-1-3-7-19/h1-11,14-18,29H,12-13H2,(H,26,27). The number of carbonyl (C=O) groups is 1.